The monoisotopic (exact) mass is 596 g/mol. The van der Waals surface area contributed by atoms with E-state index in [1.54, 1.807) is 13.1 Å². The molecule has 2 aliphatic heterocycles. The maximum absolute atomic E-state index is 12.4. The summed E-state index contributed by atoms with van der Waals surface area (Å²) in [6.07, 6.45) is 11.1. The van der Waals surface area contributed by atoms with Crippen LogP contribution in [0, 0.1) is 11.8 Å². The number of thioether (sulfide) groups is 1. The number of aryl methyl sites for hydroxylation is 1. The van der Waals surface area contributed by atoms with Crippen molar-refractivity contribution in [3.05, 3.63) is 69.9 Å². The molecule has 8 nitrogen and oxygen atoms in total. The smallest absolute Gasteiger partial charge is 0.353 e. The van der Waals surface area contributed by atoms with Gasteiger partial charge in [-0.05, 0) is 82.3 Å². The Kier molecular flexibility index (Phi) is 10.5. The third kappa shape index (κ3) is 6.73. The number of phenolic OH excluding ortho intramolecular Hbond substituents is 1. The minimum absolute atomic E-state index is 0.0163. The van der Waals surface area contributed by atoms with Crippen molar-refractivity contribution in [3.8, 4) is 11.5 Å². The molecule has 4 rings (SSSR count). The number of unbranched alkanes of at least 4 members (excludes halogenated alkanes) is 2. The van der Waals surface area contributed by atoms with Crippen LogP contribution < -0.4 is 10.1 Å². The van der Waals surface area contributed by atoms with E-state index in [0.29, 0.717) is 10.7 Å². The van der Waals surface area contributed by atoms with Crippen molar-refractivity contribution in [2.24, 2.45) is 11.8 Å². The maximum Gasteiger partial charge on any atom is 0.353 e. The molecule has 1 aromatic rings. The molecule has 1 aliphatic carbocycles. The van der Waals surface area contributed by atoms with E-state index in [2.05, 4.69) is 37.9 Å². The summed E-state index contributed by atoms with van der Waals surface area (Å²) in [7, 11) is 0. The number of carbonyl (C=O) groups excluding carboxylic acids is 1. The summed E-state index contributed by atoms with van der Waals surface area (Å²) in [6, 6.07) is 3.93. The van der Waals surface area contributed by atoms with Crippen LogP contribution in [0.25, 0.3) is 0 Å². The zero-order valence-electron chi connectivity index (χ0n) is 25.1. The predicted molar refractivity (Wildman–Crippen MR) is 166 cm³/mol. The summed E-state index contributed by atoms with van der Waals surface area (Å²) >= 11 is 1.31. The van der Waals surface area contributed by atoms with Crippen LogP contribution in [-0.4, -0.2) is 56.7 Å². The first-order valence-electron chi connectivity index (χ1n) is 14.9. The second-order valence-electron chi connectivity index (χ2n) is 11.7. The van der Waals surface area contributed by atoms with Crippen LogP contribution in [0.5, 0.6) is 11.5 Å². The molecular weight excluding hydrogens is 552 g/mol. The van der Waals surface area contributed by atoms with E-state index >= 15 is 0 Å². The number of β-lactam (4-membered cyclic amide) rings is 1. The van der Waals surface area contributed by atoms with Crippen molar-refractivity contribution >= 4 is 23.6 Å². The van der Waals surface area contributed by atoms with Crippen molar-refractivity contribution in [2.45, 2.75) is 83.6 Å². The topological polar surface area (TPSA) is 119 Å². The lowest BCUT2D eigenvalue weighted by Crippen LogP contribution is -2.60. The number of nitrogens with one attached hydrogen (secondary N) is 1. The first kappa shape index (κ1) is 31.8. The molecule has 0 aromatic heterocycles. The third-order valence-electron chi connectivity index (χ3n) is 8.37. The van der Waals surface area contributed by atoms with Gasteiger partial charge in [-0.25, -0.2) is 4.79 Å². The maximum atomic E-state index is 12.4. The number of phenols is 1. The number of hydrogen-bond acceptors (Lipinski definition) is 7. The molecule has 0 saturated carbocycles. The van der Waals surface area contributed by atoms with Crippen molar-refractivity contribution in [2.75, 3.05) is 13.2 Å². The fourth-order valence-corrected chi connectivity index (χ4v) is 7.71. The normalized spacial score (nSPS) is 24.4. The van der Waals surface area contributed by atoms with Crippen LogP contribution in [0.4, 0.5) is 0 Å². The Hall–Kier alpha value is -3.17. The largest absolute Gasteiger partial charge is 0.507 e. The molecule has 1 amide bonds. The first-order chi connectivity index (χ1) is 20.0. The Labute approximate surface area is 253 Å². The molecule has 42 heavy (non-hydrogen) atoms. The van der Waals surface area contributed by atoms with Gasteiger partial charge in [0.1, 0.15) is 29.2 Å². The Morgan fingerprint density at radius 3 is 2.76 bits per heavy atom. The van der Waals surface area contributed by atoms with Crippen molar-refractivity contribution in [1.82, 2.24) is 10.2 Å². The zero-order valence-corrected chi connectivity index (χ0v) is 25.9. The molecule has 1 aromatic carbocycles. The number of carbonyl (C=O) groups is 2. The average Bonchev–Trinajstić information content (AvgIpc) is 3.24. The van der Waals surface area contributed by atoms with E-state index in [-0.39, 0.29) is 47.7 Å². The number of ether oxygens (including phenoxy) is 1. The number of rotatable bonds is 14. The first-order valence-corrected chi connectivity index (χ1v) is 15.8. The number of aromatic hydroxyl groups is 1. The second kappa shape index (κ2) is 13.9. The van der Waals surface area contributed by atoms with Crippen LogP contribution in [0.3, 0.4) is 0 Å². The Bertz CT molecular complexity index is 1300. The van der Waals surface area contributed by atoms with Gasteiger partial charge in [0, 0.05) is 22.9 Å². The molecule has 2 heterocycles. The number of carboxylic acid groups (broad SMARTS) is 1. The number of nitrogens with zero attached hydrogens (tertiary/aromatic N) is 1. The quantitative estimate of drug-likeness (QED) is 0.120. The minimum Gasteiger partial charge on any atom is -0.507 e. The van der Waals surface area contributed by atoms with Gasteiger partial charge in [0.05, 0.1) is 12.0 Å². The van der Waals surface area contributed by atoms with Crippen LogP contribution in [0.15, 0.2) is 58.8 Å². The molecule has 4 N–H and O–H groups in total. The highest BCUT2D eigenvalue weighted by molar-refractivity contribution is 8.04. The van der Waals surface area contributed by atoms with E-state index in [9.17, 15) is 24.9 Å². The standard InChI is InChI=1S/C33H44N2O6S/c1-6-7-8-10-22-16-25(37)29(24-15-20(4)11-12-23(24)19(2)3)26(17-22)41-14-9-13-34-18-27-30(33(39)40)35-31(38)28(21(5)36)32(35)42-27/h9,13,15-17,21,23-24,28,32,34,36-37H,2,6-8,10-12,14,18H2,1,3-5H3,(H,39,40)/b13-9+/t21-,23+,24-,28+,32?/m1/s1. The van der Waals surface area contributed by atoms with Crippen molar-refractivity contribution in [1.29, 1.82) is 0 Å². The SMILES string of the molecule is C=C(C)[C@@H]1CCC(C)=C[C@H]1c1c(O)cc(CCCCC)cc1OC/C=C/NCC1=C(C(=O)O)N2C(=O)[C@H]([C@@H](C)O)C2S1. The lowest BCUT2D eigenvalue weighted by atomic mass is 9.73. The number of aliphatic carboxylic acids is 1. The predicted octanol–water partition coefficient (Wildman–Crippen LogP) is 5.83. The number of allylic oxidation sites excluding steroid dienone is 3. The van der Waals surface area contributed by atoms with E-state index in [1.165, 1.54) is 22.2 Å². The summed E-state index contributed by atoms with van der Waals surface area (Å²) in [5, 5.41) is 33.6. The number of hydrogen-bond donors (Lipinski definition) is 4. The van der Waals surface area contributed by atoms with Gasteiger partial charge in [-0.1, -0.05) is 55.3 Å². The molecule has 0 spiro atoms. The fourth-order valence-electron chi connectivity index (χ4n) is 6.15. The summed E-state index contributed by atoms with van der Waals surface area (Å²) in [5.74, 6) is -0.979. The van der Waals surface area contributed by atoms with Gasteiger partial charge in [0.15, 0.2) is 0 Å². The van der Waals surface area contributed by atoms with Crippen LogP contribution in [0.1, 0.15) is 76.8 Å². The summed E-state index contributed by atoms with van der Waals surface area (Å²) in [6.45, 7) is 12.6. The Balaban J connectivity index is 1.46. The third-order valence-corrected chi connectivity index (χ3v) is 9.74. The molecular formula is C33H44N2O6S. The molecule has 228 valence electrons. The lowest BCUT2D eigenvalue weighted by Gasteiger charge is -2.43. The molecule has 9 heteroatoms. The molecule has 3 aliphatic rings. The van der Waals surface area contributed by atoms with Gasteiger partial charge >= 0.3 is 5.97 Å². The van der Waals surface area contributed by atoms with E-state index in [4.69, 9.17) is 4.74 Å². The molecule has 1 fully saturated rings. The highest BCUT2D eigenvalue weighted by atomic mass is 32.2. The molecule has 0 bridgehead atoms. The molecule has 5 atom stereocenters. The Morgan fingerprint density at radius 1 is 1.33 bits per heavy atom. The highest BCUT2D eigenvalue weighted by Crippen LogP contribution is 2.50. The zero-order chi connectivity index (χ0) is 30.6. The van der Waals surface area contributed by atoms with Crippen molar-refractivity contribution in [3.63, 3.8) is 0 Å². The number of carboxylic acids is 1. The summed E-state index contributed by atoms with van der Waals surface area (Å²) < 4.78 is 6.27. The molecule has 0 radical (unpaired) electrons. The number of benzene rings is 1. The summed E-state index contributed by atoms with van der Waals surface area (Å²) in [5.41, 5.74) is 4.21. The lowest BCUT2D eigenvalue weighted by molar-refractivity contribution is -0.156. The van der Waals surface area contributed by atoms with Gasteiger partial charge < -0.3 is 25.4 Å². The average molecular weight is 597 g/mol. The van der Waals surface area contributed by atoms with Gasteiger partial charge in [0.2, 0.25) is 5.91 Å². The molecule has 1 unspecified atom stereocenters. The van der Waals surface area contributed by atoms with Crippen molar-refractivity contribution < 1.29 is 29.6 Å². The number of fused-ring (bicyclic) bond motifs is 1. The number of amides is 1. The van der Waals surface area contributed by atoms with Crippen LogP contribution in [-0.2, 0) is 16.0 Å². The van der Waals surface area contributed by atoms with Crippen LogP contribution in [0.2, 0.25) is 0 Å². The van der Waals surface area contributed by atoms with Gasteiger partial charge in [-0.2, -0.15) is 0 Å². The van der Waals surface area contributed by atoms with Gasteiger partial charge in [-0.3, -0.25) is 9.69 Å². The highest BCUT2D eigenvalue weighted by Gasteiger charge is 2.57. The van der Waals surface area contributed by atoms with Gasteiger partial charge in [0.25, 0.3) is 0 Å². The number of aliphatic hydroxyl groups is 1. The minimum atomic E-state index is -1.15. The van der Waals surface area contributed by atoms with E-state index in [1.807, 2.05) is 19.1 Å². The number of aliphatic hydroxyl groups excluding tert-OH is 1. The van der Waals surface area contributed by atoms with E-state index < -0.39 is 18.0 Å². The van der Waals surface area contributed by atoms with Gasteiger partial charge in [-0.15, -0.1) is 0 Å². The Morgan fingerprint density at radius 2 is 2.10 bits per heavy atom. The van der Waals surface area contributed by atoms with E-state index in [0.717, 1.165) is 55.2 Å². The molecule has 1 saturated heterocycles. The van der Waals surface area contributed by atoms with Crippen LogP contribution >= 0.6 is 11.8 Å². The summed E-state index contributed by atoms with van der Waals surface area (Å²) in [4.78, 5) is 26.1. The second-order valence-corrected chi connectivity index (χ2v) is 12.9. The fraction of sp³-hybridized carbons (Fsp3) is 0.515.